The molecule has 1 aliphatic rings. The Balaban J connectivity index is 1.76. The minimum Gasteiger partial charge on any atom is -0.475 e. The molecule has 0 unspecified atom stereocenters. The Morgan fingerprint density at radius 3 is 2.62 bits per heavy atom. The average molecular weight is 337 g/mol. The van der Waals surface area contributed by atoms with Crippen LogP contribution in [-0.2, 0) is 4.74 Å². The van der Waals surface area contributed by atoms with Gasteiger partial charge in [0.2, 0.25) is 5.90 Å². The van der Waals surface area contributed by atoms with Gasteiger partial charge in [0, 0.05) is 15.1 Å². The lowest BCUT2D eigenvalue weighted by Gasteiger charge is -2.14. The van der Waals surface area contributed by atoms with Crippen molar-refractivity contribution >= 4 is 27.3 Å². The molecular formula is C20H19NO2S. The van der Waals surface area contributed by atoms with E-state index in [1.807, 2.05) is 50.2 Å². The van der Waals surface area contributed by atoms with Crippen molar-refractivity contribution < 1.29 is 9.84 Å². The highest BCUT2D eigenvalue weighted by Crippen LogP contribution is 2.35. The number of thiophene rings is 1. The van der Waals surface area contributed by atoms with Gasteiger partial charge in [-0.3, -0.25) is 0 Å². The molecule has 0 saturated heterocycles. The van der Waals surface area contributed by atoms with Crippen LogP contribution in [0.1, 0.15) is 36.0 Å². The summed E-state index contributed by atoms with van der Waals surface area (Å²) in [4.78, 5) is 5.59. The third-order valence-electron chi connectivity index (χ3n) is 4.17. The second-order valence-corrected chi connectivity index (χ2v) is 7.81. The van der Waals surface area contributed by atoms with Crippen molar-refractivity contribution in [1.82, 2.24) is 0 Å². The third-order valence-corrected chi connectivity index (χ3v) is 5.33. The first-order valence-electron chi connectivity index (χ1n) is 8.02. The van der Waals surface area contributed by atoms with E-state index in [2.05, 4.69) is 23.2 Å². The van der Waals surface area contributed by atoms with Crippen LogP contribution >= 0.6 is 11.3 Å². The number of hydrogen-bond acceptors (Lipinski definition) is 4. The maximum atomic E-state index is 11.0. The standard InChI is InChI=1S/C20H19NO2S/c1-20(2)12-23-19(21-20)15-9-5-4-8-14(15)18(22)17-11-13-7-3-6-10-16(13)24-17/h3-11,18,22H,12H2,1-2H3/t18-/m0/s1. The topological polar surface area (TPSA) is 41.8 Å². The van der Waals surface area contributed by atoms with Crippen molar-refractivity contribution in [2.45, 2.75) is 25.5 Å². The van der Waals surface area contributed by atoms with Gasteiger partial charge in [-0.05, 0) is 43.0 Å². The quantitative estimate of drug-likeness (QED) is 0.762. The maximum absolute atomic E-state index is 11.0. The molecule has 0 spiro atoms. The number of aliphatic hydroxyl groups is 1. The molecule has 2 aromatic carbocycles. The fraction of sp³-hybridized carbons (Fsp3) is 0.250. The molecule has 1 aliphatic heterocycles. The zero-order valence-electron chi connectivity index (χ0n) is 13.7. The van der Waals surface area contributed by atoms with Crippen LogP contribution in [-0.4, -0.2) is 23.2 Å². The van der Waals surface area contributed by atoms with E-state index in [9.17, 15) is 5.11 Å². The second kappa shape index (κ2) is 5.72. The van der Waals surface area contributed by atoms with Crippen LogP contribution in [0.2, 0.25) is 0 Å². The normalized spacial score (nSPS) is 17.5. The van der Waals surface area contributed by atoms with Gasteiger partial charge in [-0.2, -0.15) is 0 Å². The molecule has 24 heavy (non-hydrogen) atoms. The van der Waals surface area contributed by atoms with Crippen LogP contribution in [0.25, 0.3) is 10.1 Å². The summed E-state index contributed by atoms with van der Waals surface area (Å²) in [6.07, 6.45) is -0.686. The Hall–Kier alpha value is -2.17. The van der Waals surface area contributed by atoms with Gasteiger partial charge in [-0.15, -0.1) is 11.3 Å². The van der Waals surface area contributed by atoms with Crippen LogP contribution in [0, 0.1) is 0 Å². The van der Waals surface area contributed by atoms with Gasteiger partial charge in [-0.25, -0.2) is 4.99 Å². The fourth-order valence-corrected chi connectivity index (χ4v) is 4.01. The molecule has 1 atom stereocenters. The molecule has 2 heterocycles. The molecule has 0 fully saturated rings. The Bertz CT molecular complexity index is 893. The first-order chi connectivity index (χ1) is 11.5. The summed E-state index contributed by atoms with van der Waals surface area (Å²) in [6.45, 7) is 4.66. The molecule has 4 rings (SSSR count). The van der Waals surface area contributed by atoms with Gasteiger partial charge in [-0.1, -0.05) is 36.4 Å². The van der Waals surface area contributed by atoms with Crippen molar-refractivity contribution in [1.29, 1.82) is 0 Å². The third kappa shape index (κ3) is 2.72. The summed E-state index contributed by atoms with van der Waals surface area (Å²) in [7, 11) is 0. The van der Waals surface area contributed by atoms with Crippen molar-refractivity contribution in [3.8, 4) is 0 Å². The summed E-state index contributed by atoms with van der Waals surface area (Å²) < 4.78 is 6.96. The Labute approximate surface area is 145 Å². The van der Waals surface area contributed by atoms with Crippen LogP contribution in [0.5, 0.6) is 0 Å². The molecule has 122 valence electrons. The van der Waals surface area contributed by atoms with E-state index in [4.69, 9.17) is 4.74 Å². The Morgan fingerprint density at radius 1 is 1.12 bits per heavy atom. The van der Waals surface area contributed by atoms with Crippen molar-refractivity contribution in [3.05, 3.63) is 70.6 Å². The van der Waals surface area contributed by atoms with Crippen molar-refractivity contribution in [2.75, 3.05) is 6.61 Å². The zero-order valence-corrected chi connectivity index (χ0v) is 14.5. The first-order valence-corrected chi connectivity index (χ1v) is 8.84. The number of benzene rings is 2. The highest BCUT2D eigenvalue weighted by atomic mass is 32.1. The average Bonchev–Trinajstić information content (AvgIpc) is 3.17. The van der Waals surface area contributed by atoms with E-state index in [0.29, 0.717) is 12.5 Å². The number of aliphatic imine (C=N–C) groups is 1. The van der Waals surface area contributed by atoms with Gasteiger partial charge in [0.05, 0.1) is 5.54 Å². The summed E-state index contributed by atoms with van der Waals surface area (Å²) in [5, 5.41) is 12.1. The van der Waals surface area contributed by atoms with E-state index >= 15 is 0 Å². The van der Waals surface area contributed by atoms with Gasteiger partial charge in [0.25, 0.3) is 0 Å². The molecule has 3 nitrogen and oxygen atoms in total. The monoisotopic (exact) mass is 337 g/mol. The highest BCUT2D eigenvalue weighted by molar-refractivity contribution is 7.19. The Morgan fingerprint density at radius 2 is 1.88 bits per heavy atom. The van der Waals surface area contributed by atoms with Gasteiger partial charge < -0.3 is 9.84 Å². The molecular weight excluding hydrogens is 318 g/mol. The molecule has 1 N–H and O–H groups in total. The van der Waals surface area contributed by atoms with Crippen molar-refractivity contribution in [2.24, 2.45) is 4.99 Å². The van der Waals surface area contributed by atoms with Gasteiger partial charge >= 0.3 is 0 Å². The molecule has 0 amide bonds. The molecule has 0 saturated carbocycles. The van der Waals surface area contributed by atoms with Crippen LogP contribution in [0.3, 0.4) is 0 Å². The summed E-state index contributed by atoms with van der Waals surface area (Å²) >= 11 is 1.62. The first kappa shape index (κ1) is 15.4. The van der Waals surface area contributed by atoms with E-state index in [-0.39, 0.29) is 5.54 Å². The number of ether oxygens (including phenoxy) is 1. The van der Waals surface area contributed by atoms with Crippen LogP contribution in [0.4, 0.5) is 0 Å². The van der Waals surface area contributed by atoms with E-state index < -0.39 is 6.10 Å². The smallest absolute Gasteiger partial charge is 0.217 e. The van der Waals surface area contributed by atoms with E-state index in [0.717, 1.165) is 21.4 Å². The van der Waals surface area contributed by atoms with Crippen LogP contribution in [0.15, 0.2) is 59.6 Å². The van der Waals surface area contributed by atoms with Gasteiger partial charge in [0.1, 0.15) is 12.7 Å². The SMILES string of the molecule is CC1(C)COC(c2ccccc2[C@H](O)c2cc3ccccc3s2)=N1. The maximum Gasteiger partial charge on any atom is 0.217 e. The largest absolute Gasteiger partial charge is 0.475 e. The number of rotatable bonds is 3. The number of fused-ring (bicyclic) bond motifs is 1. The lowest BCUT2D eigenvalue weighted by atomic mass is 10.0. The second-order valence-electron chi connectivity index (χ2n) is 6.69. The molecule has 0 bridgehead atoms. The molecule has 1 aromatic heterocycles. The summed E-state index contributed by atoms with van der Waals surface area (Å²) in [5.74, 6) is 0.621. The predicted octanol–water partition coefficient (Wildman–Crippen LogP) is 4.54. The number of nitrogens with zero attached hydrogens (tertiary/aromatic N) is 1. The predicted molar refractivity (Wildman–Crippen MR) is 98.9 cm³/mol. The van der Waals surface area contributed by atoms with E-state index in [1.54, 1.807) is 11.3 Å². The molecule has 4 heteroatoms. The van der Waals surface area contributed by atoms with Gasteiger partial charge in [0.15, 0.2) is 0 Å². The molecule has 3 aromatic rings. The molecule has 0 radical (unpaired) electrons. The zero-order chi connectivity index (χ0) is 16.7. The van der Waals surface area contributed by atoms with E-state index in [1.165, 1.54) is 4.70 Å². The van der Waals surface area contributed by atoms with Crippen LogP contribution < -0.4 is 0 Å². The summed E-state index contributed by atoms with van der Waals surface area (Å²) in [6, 6.07) is 18.0. The number of hydrogen-bond donors (Lipinski definition) is 1. The summed E-state index contributed by atoms with van der Waals surface area (Å²) in [5.41, 5.74) is 1.49. The minimum absolute atomic E-state index is 0.217. The van der Waals surface area contributed by atoms with Crippen molar-refractivity contribution in [3.63, 3.8) is 0 Å². The Kier molecular flexibility index (Phi) is 3.66. The lowest BCUT2D eigenvalue weighted by Crippen LogP contribution is -2.17. The lowest BCUT2D eigenvalue weighted by molar-refractivity contribution is 0.223. The highest BCUT2D eigenvalue weighted by Gasteiger charge is 2.29. The molecule has 0 aliphatic carbocycles. The number of aliphatic hydroxyl groups excluding tert-OH is 1. The fourth-order valence-electron chi connectivity index (χ4n) is 2.94. The minimum atomic E-state index is -0.686.